The molecule has 26 heavy (non-hydrogen) atoms. The van der Waals surface area contributed by atoms with Crippen LogP contribution in [0.5, 0.6) is 0 Å². The Balaban J connectivity index is 1.57. The lowest BCUT2D eigenvalue weighted by molar-refractivity contribution is 0.498. The second-order valence-corrected chi connectivity index (χ2v) is 7.31. The molecule has 1 fully saturated rings. The largest absolute Gasteiger partial charge is 0.356 e. The molecule has 1 atom stereocenters. The van der Waals surface area contributed by atoms with Crippen LogP contribution in [0, 0.1) is 13.8 Å². The number of aryl methyl sites for hydroxylation is 2. The summed E-state index contributed by atoms with van der Waals surface area (Å²) in [5, 5.41) is 6.22. The molecular formula is C18H21N7S. The Labute approximate surface area is 156 Å². The average Bonchev–Trinajstić information content (AvgIpc) is 3.07. The molecule has 0 aromatic carbocycles. The average molecular weight is 367 g/mol. The van der Waals surface area contributed by atoms with E-state index in [0.29, 0.717) is 5.92 Å². The molecule has 0 unspecified atom stereocenters. The Morgan fingerprint density at radius 3 is 2.81 bits per heavy atom. The first-order chi connectivity index (χ1) is 12.7. The fraction of sp³-hybridized carbons (Fsp3) is 0.389. The van der Waals surface area contributed by atoms with Gasteiger partial charge in [0.2, 0.25) is 0 Å². The summed E-state index contributed by atoms with van der Waals surface area (Å²) in [7, 11) is 0. The number of nitrogens with zero attached hydrogens (tertiary/aromatic N) is 6. The molecule has 1 N–H and O–H groups in total. The van der Waals surface area contributed by atoms with Gasteiger partial charge in [-0.15, -0.1) is 11.3 Å². The fourth-order valence-corrected chi connectivity index (χ4v) is 3.97. The van der Waals surface area contributed by atoms with Crippen LogP contribution in [0.1, 0.15) is 36.0 Å². The number of thiazole rings is 1. The van der Waals surface area contributed by atoms with Crippen molar-refractivity contribution >= 4 is 28.1 Å². The summed E-state index contributed by atoms with van der Waals surface area (Å²) in [5.74, 6) is 2.88. The van der Waals surface area contributed by atoms with Crippen LogP contribution in [0.4, 0.5) is 16.8 Å². The maximum absolute atomic E-state index is 4.64. The molecule has 8 heteroatoms. The summed E-state index contributed by atoms with van der Waals surface area (Å²) in [4.78, 5) is 24.7. The normalized spacial score (nSPS) is 17.3. The Hall–Kier alpha value is -2.61. The van der Waals surface area contributed by atoms with E-state index in [4.69, 9.17) is 0 Å². The van der Waals surface area contributed by atoms with Gasteiger partial charge in [0, 0.05) is 43.0 Å². The molecule has 7 nitrogen and oxygen atoms in total. The number of rotatable bonds is 4. The molecule has 1 saturated heterocycles. The summed E-state index contributed by atoms with van der Waals surface area (Å²) in [6.45, 7) is 5.79. The van der Waals surface area contributed by atoms with Crippen molar-refractivity contribution in [1.82, 2.24) is 24.9 Å². The van der Waals surface area contributed by atoms with Gasteiger partial charge in [-0.05, 0) is 32.8 Å². The molecule has 0 aliphatic carbocycles. The van der Waals surface area contributed by atoms with Gasteiger partial charge in [0.15, 0.2) is 10.9 Å². The Kier molecular flexibility index (Phi) is 4.75. The minimum Gasteiger partial charge on any atom is -0.356 e. The third kappa shape index (κ3) is 3.65. The second kappa shape index (κ2) is 7.33. The van der Waals surface area contributed by atoms with Gasteiger partial charge >= 0.3 is 0 Å². The molecule has 1 aliphatic rings. The predicted octanol–water partition coefficient (Wildman–Crippen LogP) is 3.47. The fourth-order valence-electron chi connectivity index (χ4n) is 3.28. The van der Waals surface area contributed by atoms with E-state index in [9.17, 15) is 0 Å². The standard InChI is InChI=1S/C18H21N7S/c1-12-11-26-18(22-12)24-17-16(20-7-8-21-17)14-4-3-9-25(10-14)15-5-6-19-13(2)23-15/h5-8,11,14H,3-4,9-10H2,1-2H3,(H,21,22,24)/t14-/m0/s1. The molecule has 4 heterocycles. The van der Waals surface area contributed by atoms with Gasteiger partial charge in [0.25, 0.3) is 0 Å². The van der Waals surface area contributed by atoms with Crippen LogP contribution in [0.2, 0.25) is 0 Å². The van der Waals surface area contributed by atoms with Crippen molar-refractivity contribution in [3.63, 3.8) is 0 Å². The molecule has 0 radical (unpaired) electrons. The van der Waals surface area contributed by atoms with Gasteiger partial charge in [-0.1, -0.05) is 0 Å². The first-order valence-electron chi connectivity index (χ1n) is 8.73. The monoisotopic (exact) mass is 367 g/mol. The highest BCUT2D eigenvalue weighted by Gasteiger charge is 2.26. The maximum atomic E-state index is 4.64. The molecule has 1 aliphatic heterocycles. The van der Waals surface area contributed by atoms with Crippen LogP contribution in [0.15, 0.2) is 30.0 Å². The Morgan fingerprint density at radius 2 is 2.00 bits per heavy atom. The van der Waals surface area contributed by atoms with Crippen molar-refractivity contribution in [1.29, 1.82) is 0 Å². The maximum Gasteiger partial charge on any atom is 0.188 e. The molecule has 4 rings (SSSR count). The number of hydrogen-bond acceptors (Lipinski definition) is 8. The highest BCUT2D eigenvalue weighted by Crippen LogP contribution is 2.32. The van der Waals surface area contributed by atoms with Crippen LogP contribution in [-0.4, -0.2) is 38.0 Å². The zero-order chi connectivity index (χ0) is 17.9. The minimum atomic E-state index is 0.302. The highest BCUT2D eigenvalue weighted by atomic mass is 32.1. The molecule has 0 amide bonds. The molecule has 3 aromatic rings. The molecule has 0 bridgehead atoms. The van der Waals surface area contributed by atoms with Gasteiger partial charge < -0.3 is 10.2 Å². The summed E-state index contributed by atoms with van der Waals surface area (Å²) in [6.07, 6.45) is 7.49. The first-order valence-corrected chi connectivity index (χ1v) is 9.61. The molecule has 134 valence electrons. The van der Waals surface area contributed by atoms with E-state index in [1.165, 1.54) is 0 Å². The number of nitrogens with one attached hydrogen (secondary N) is 1. The summed E-state index contributed by atoms with van der Waals surface area (Å²) < 4.78 is 0. The smallest absolute Gasteiger partial charge is 0.188 e. The van der Waals surface area contributed by atoms with E-state index in [1.807, 2.05) is 31.5 Å². The lowest BCUT2D eigenvalue weighted by Crippen LogP contribution is -2.35. The third-order valence-electron chi connectivity index (χ3n) is 4.46. The van der Waals surface area contributed by atoms with Gasteiger partial charge in [-0.2, -0.15) is 0 Å². The van der Waals surface area contributed by atoms with Gasteiger partial charge in [-0.3, -0.25) is 4.98 Å². The zero-order valence-corrected chi connectivity index (χ0v) is 15.7. The van der Waals surface area contributed by atoms with Crippen molar-refractivity contribution < 1.29 is 0 Å². The Morgan fingerprint density at radius 1 is 1.12 bits per heavy atom. The van der Waals surface area contributed by atoms with Crippen molar-refractivity contribution in [2.45, 2.75) is 32.6 Å². The van der Waals surface area contributed by atoms with Crippen LogP contribution in [0.25, 0.3) is 0 Å². The minimum absolute atomic E-state index is 0.302. The van der Waals surface area contributed by atoms with Gasteiger partial charge in [0.05, 0.1) is 11.4 Å². The number of piperidine rings is 1. The molecule has 0 saturated carbocycles. The van der Waals surface area contributed by atoms with Crippen molar-refractivity contribution in [2.24, 2.45) is 0 Å². The number of aromatic nitrogens is 5. The van der Waals surface area contributed by atoms with E-state index >= 15 is 0 Å². The Bertz CT molecular complexity index is 895. The van der Waals surface area contributed by atoms with E-state index < -0.39 is 0 Å². The molecule has 3 aromatic heterocycles. The van der Waals surface area contributed by atoms with Crippen molar-refractivity contribution in [3.8, 4) is 0 Å². The number of hydrogen-bond donors (Lipinski definition) is 1. The summed E-state index contributed by atoms with van der Waals surface area (Å²) >= 11 is 1.58. The van der Waals surface area contributed by atoms with Gasteiger partial charge in [-0.25, -0.2) is 19.9 Å². The summed E-state index contributed by atoms with van der Waals surface area (Å²) in [5.41, 5.74) is 2.00. The SMILES string of the molecule is Cc1csc(Nc2nccnc2[C@H]2CCCN(c3ccnc(C)n3)C2)n1. The highest BCUT2D eigenvalue weighted by molar-refractivity contribution is 7.13. The predicted molar refractivity (Wildman–Crippen MR) is 103 cm³/mol. The summed E-state index contributed by atoms with van der Waals surface area (Å²) in [6, 6.07) is 1.98. The van der Waals surface area contributed by atoms with E-state index in [0.717, 1.165) is 59.9 Å². The lowest BCUT2D eigenvalue weighted by atomic mass is 9.94. The van der Waals surface area contributed by atoms with Crippen LogP contribution >= 0.6 is 11.3 Å². The molecule has 0 spiro atoms. The van der Waals surface area contributed by atoms with E-state index in [2.05, 4.69) is 35.1 Å². The van der Waals surface area contributed by atoms with Crippen LogP contribution in [-0.2, 0) is 0 Å². The van der Waals surface area contributed by atoms with E-state index in [1.54, 1.807) is 23.7 Å². The topological polar surface area (TPSA) is 79.7 Å². The first kappa shape index (κ1) is 16.8. The number of anilines is 3. The molecular weight excluding hydrogens is 346 g/mol. The van der Waals surface area contributed by atoms with Crippen molar-refractivity contribution in [2.75, 3.05) is 23.3 Å². The van der Waals surface area contributed by atoms with E-state index in [-0.39, 0.29) is 0 Å². The quantitative estimate of drug-likeness (QED) is 0.756. The van der Waals surface area contributed by atoms with Gasteiger partial charge in [0.1, 0.15) is 11.6 Å². The van der Waals surface area contributed by atoms with Crippen LogP contribution in [0.3, 0.4) is 0 Å². The van der Waals surface area contributed by atoms with Crippen LogP contribution < -0.4 is 10.2 Å². The zero-order valence-electron chi connectivity index (χ0n) is 14.9. The lowest BCUT2D eigenvalue weighted by Gasteiger charge is -2.33. The third-order valence-corrected chi connectivity index (χ3v) is 5.34. The van der Waals surface area contributed by atoms with Crippen molar-refractivity contribution in [3.05, 3.63) is 47.2 Å². The second-order valence-electron chi connectivity index (χ2n) is 6.46.